The van der Waals surface area contributed by atoms with Crippen LogP contribution in [0.15, 0.2) is 4.52 Å². The molecule has 2 aliphatic rings. The molecule has 1 aromatic rings. The molecule has 3 rings (SSSR count). The van der Waals surface area contributed by atoms with Crippen molar-refractivity contribution in [2.24, 2.45) is 5.92 Å². The highest BCUT2D eigenvalue weighted by Gasteiger charge is 2.31. The van der Waals surface area contributed by atoms with Crippen molar-refractivity contribution in [3.8, 4) is 0 Å². The van der Waals surface area contributed by atoms with E-state index in [2.05, 4.69) is 22.4 Å². The molecule has 1 aromatic heterocycles. The van der Waals surface area contributed by atoms with Crippen LogP contribution in [0.5, 0.6) is 0 Å². The smallest absolute Gasteiger partial charge is 0.243 e. The highest BCUT2D eigenvalue weighted by Crippen LogP contribution is 2.38. The van der Waals surface area contributed by atoms with Gasteiger partial charge < -0.3 is 14.9 Å². The van der Waals surface area contributed by atoms with E-state index < -0.39 is 0 Å². The highest BCUT2D eigenvalue weighted by atomic mass is 16.5. The van der Waals surface area contributed by atoms with Crippen LogP contribution in [0, 0.1) is 5.92 Å². The monoisotopic (exact) mass is 251 g/mol. The molecule has 3 unspecified atom stereocenters. The summed E-state index contributed by atoms with van der Waals surface area (Å²) in [5.74, 6) is 2.80. The molecule has 0 amide bonds. The van der Waals surface area contributed by atoms with Crippen LogP contribution in [-0.2, 0) is 0 Å². The van der Waals surface area contributed by atoms with E-state index in [0.29, 0.717) is 24.8 Å². The molecule has 0 bridgehead atoms. The minimum absolute atomic E-state index is 0.0321. The second-order valence-corrected chi connectivity index (χ2v) is 5.63. The number of aliphatic hydroxyl groups excluding tert-OH is 1. The number of hydrogen-bond donors (Lipinski definition) is 2. The lowest BCUT2D eigenvalue weighted by Gasteiger charge is -2.05. The number of hydrogen-bond acceptors (Lipinski definition) is 5. The lowest BCUT2D eigenvalue weighted by molar-refractivity contribution is 0.191. The van der Waals surface area contributed by atoms with Gasteiger partial charge >= 0.3 is 0 Å². The van der Waals surface area contributed by atoms with Crippen LogP contribution in [0.4, 0.5) is 0 Å². The van der Waals surface area contributed by atoms with E-state index in [4.69, 9.17) is 4.52 Å². The van der Waals surface area contributed by atoms with Gasteiger partial charge in [-0.25, -0.2) is 0 Å². The summed E-state index contributed by atoms with van der Waals surface area (Å²) >= 11 is 0. The van der Waals surface area contributed by atoms with E-state index in [9.17, 15) is 5.11 Å². The van der Waals surface area contributed by atoms with Crippen molar-refractivity contribution < 1.29 is 9.63 Å². The van der Waals surface area contributed by atoms with Crippen molar-refractivity contribution in [1.29, 1.82) is 0 Å². The Labute approximate surface area is 107 Å². The Balaban J connectivity index is 1.66. The van der Waals surface area contributed by atoms with E-state index in [1.807, 2.05) is 0 Å². The fourth-order valence-corrected chi connectivity index (χ4v) is 3.14. The first-order chi connectivity index (χ1) is 8.76. The van der Waals surface area contributed by atoms with Gasteiger partial charge in [-0.15, -0.1) is 0 Å². The number of nitrogens with zero attached hydrogens (tertiary/aromatic N) is 2. The molecule has 2 fully saturated rings. The first-order valence-corrected chi connectivity index (χ1v) is 7.01. The molecular weight excluding hydrogens is 230 g/mol. The van der Waals surface area contributed by atoms with Crippen molar-refractivity contribution in [2.45, 2.75) is 57.1 Å². The SMILES string of the molecule is CCC1CCC(c2noc([C@@H]3CC(O)CN3)n2)C1. The molecule has 0 radical (unpaired) electrons. The first-order valence-electron chi connectivity index (χ1n) is 7.01. The van der Waals surface area contributed by atoms with Gasteiger partial charge in [-0.1, -0.05) is 18.5 Å². The first kappa shape index (κ1) is 12.1. The van der Waals surface area contributed by atoms with Gasteiger partial charge in [0, 0.05) is 12.5 Å². The summed E-state index contributed by atoms with van der Waals surface area (Å²) in [5, 5.41) is 16.8. The van der Waals surface area contributed by atoms with Crippen molar-refractivity contribution in [3.05, 3.63) is 11.7 Å². The Hall–Kier alpha value is -0.940. The Morgan fingerprint density at radius 2 is 2.28 bits per heavy atom. The van der Waals surface area contributed by atoms with E-state index in [1.54, 1.807) is 0 Å². The molecule has 100 valence electrons. The molecule has 0 spiro atoms. The molecule has 4 atom stereocenters. The topological polar surface area (TPSA) is 71.2 Å². The second-order valence-electron chi connectivity index (χ2n) is 5.63. The van der Waals surface area contributed by atoms with Gasteiger partial charge in [0.2, 0.25) is 5.89 Å². The van der Waals surface area contributed by atoms with Crippen molar-refractivity contribution in [1.82, 2.24) is 15.5 Å². The van der Waals surface area contributed by atoms with Crippen LogP contribution in [0.2, 0.25) is 0 Å². The fourth-order valence-electron chi connectivity index (χ4n) is 3.14. The van der Waals surface area contributed by atoms with Gasteiger partial charge in [0.25, 0.3) is 0 Å². The minimum atomic E-state index is -0.290. The number of β-amino-alcohol motifs (C(OH)–C–C–N with tert-alkyl or cyclic N) is 1. The molecule has 1 saturated heterocycles. The summed E-state index contributed by atoms with van der Waals surface area (Å²) in [6, 6.07) is 0.0321. The van der Waals surface area contributed by atoms with Gasteiger partial charge in [-0.2, -0.15) is 4.98 Å². The van der Waals surface area contributed by atoms with Crippen LogP contribution in [0.1, 0.15) is 62.7 Å². The lowest BCUT2D eigenvalue weighted by atomic mass is 10.0. The van der Waals surface area contributed by atoms with E-state index in [1.165, 1.54) is 25.7 Å². The predicted octanol–water partition coefficient (Wildman–Crippen LogP) is 1.76. The van der Waals surface area contributed by atoms with Crippen LogP contribution in [0.25, 0.3) is 0 Å². The van der Waals surface area contributed by atoms with Crippen LogP contribution in [-0.4, -0.2) is 27.9 Å². The van der Waals surface area contributed by atoms with Crippen molar-refractivity contribution in [3.63, 3.8) is 0 Å². The molecule has 5 heteroatoms. The maximum atomic E-state index is 9.49. The second kappa shape index (κ2) is 4.97. The van der Waals surface area contributed by atoms with Gasteiger partial charge in [-0.05, 0) is 31.6 Å². The third-order valence-electron chi connectivity index (χ3n) is 4.35. The number of aromatic nitrogens is 2. The van der Waals surface area contributed by atoms with Crippen LogP contribution >= 0.6 is 0 Å². The summed E-state index contributed by atoms with van der Waals surface area (Å²) in [5.41, 5.74) is 0. The number of nitrogens with one attached hydrogen (secondary N) is 1. The Morgan fingerprint density at radius 3 is 2.94 bits per heavy atom. The van der Waals surface area contributed by atoms with Crippen molar-refractivity contribution in [2.75, 3.05) is 6.54 Å². The maximum Gasteiger partial charge on any atom is 0.243 e. The van der Waals surface area contributed by atoms with Gasteiger partial charge in [0.15, 0.2) is 5.82 Å². The summed E-state index contributed by atoms with van der Waals surface area (Å²) in [6.45, 7) is 2.86. The van der Waals surface area contributed by atoms with Crippen molar-refractivity contribution >= 4 is 0 Å². The van der Waals surface area contributed by atoms with Gasteiger partial charge in [0.1, 0.15) is 0 Å². The maximum absolute atomic E-state index is 9.49. The average Bonchev–Trinajstić information content (AvgIpc) is 3.07. The zero-order valence-electron chi connectivity index (χ0n) is 10.8. The molecule has 2 N–H and O–H groups in total. The largest absolute Gasteiger partial charge is 0.392 e. The molecule has 5 nitrogen and oxygen atoms in total. The summed E-state index contributed by atoms with van der Waals surface area (Å²) < 4.78 is 5.34. The standard InChI is InChI=1S/C13H21N3O2/c1-2-8-3-4-9(5-8)12-15-13(18-16-12)11-6-10(17)7-14-11/h8-11,14,17H,2-7H2,1H3/t8?,9?,10?,11-/m0/s1. The van der Waals surface area contributed by atoms with E-state index >= 15 is 0 Å². The Kier molecular flexibility index (Phi) is 3.35. The number of aliphatic hydroxyl groups is 1. The molecule has 1 saturated carbocycles. The summed E-state index contributed by atoms with van der Waals surface area (Å²) in [7, 11) is 0. The zero-order valence-corrected chi connectivity index (χ0v) is 10.8. The molecule has 2 heterocycles. The normalized spacial score (nSPS) is 36.3. The zero-order chi connectivity index (χ0) is 12.5. The molecule has 0 aromatic carbocycles. The molecule has 18 heavy (non-hydrogen) atoms. The molecule has 1 aliphatic carbocycles. The minimum Gasteiger partial charge on any atom is -0.392 e. The third kappa shape index (κ3) is 2.29. The predicted molar refractivity (Wildman–Crippen MR) is 66.0 cm³/mol. The van der Waals surface area contributed by atoms with E-state index in [0.717, 1.165) is 11.7 Å². The van der Waals surface area contributed by atoms with Crippen LogP contribution in [0.3, 0.4) is 0 Å². The lowest BCUT2D eigenvalue weighted by Crippen LogP contribution is -2.15. The van der Waals surface area contributed by atoms with Gasteiger partial charge in [-0.3, -0.25) is 0 Å². The average molecular weight is 251 g/mol. The Morgan fingerprint density at radius 1 is 1.39 bits per heavy atom. The number of rotatable bonds is 3. The van der Waals surface area contributed by atoms with E-state index in [-0.39, 0.29) is 12.1 Å². The quantitative estimate of drug-likeness (QED) is 0.856. The summed E-state index contributed by atoms with van der Waals surface area (Å²) in [6.07, 6.45) is 5.28. The third-order valence-corrected chi connectivity index (χ3v) is 4.35. The molecule has 1 aliphatic heterocycles. The van der Waals surface area contributed by atoms with Gasteiger partial charge in [0.05, 0.1) is 12.1 Å². The fraction of sp³-hybridized carbons (Fsp3) is 0.846. The molecular formula is C13H21N3O2. The highest BCUT2D eigenvalue weighted by molar-refractivity contribution is 5.03. The van der Waals surface area contributed by atoms with Crippen LogP contribution < -0.4 is 5.32 Å². The summed E-state index contributed by atoms with van der Waals surface area (Å²) in [4.78, 5) is 4.53. The Bertz CT molecular complexity index is 407.